The molecule has 0 atom stereocenters. The van der Waals surface area contributed by atoms with Crippen LogP contribution in [0.15, 0.2) is 77.9 Å². The molecular formula is C23H21N5O2. The fraction of sp³-hybridized carbons (Fsp3) is 0.130. The molecule has 7 nitrogen and oxygen atoms in total. The van der Waals surface area contributed by atoms with Gasteiger partial charge >= 0.3 is 0 Å². The summed E-state index contributed by atoms with van der Waals surface area (Å²) in [7, 11) is 0. The van der Waals surface area contributed by atoms with Gasteiger partial charge in [-0.2, -0.15) is 5.10 Å². The van der Waals surface area contributed by atoms with E-state index in [4.69, 9.17) is 0 Å². The Bertz CT molecular complexity index is 1240. The molecule has 0 unspecified atom stereocenters. The SMILES string of the molecule is Cc1ccc(-c2ccc(=O)n(CC(=O)Nc3ccc(-n4ccnc4C)cc3)n2)cc1. The number of hydrogen-bond acceptors (Lipinski definition) is 4. The highest BCUT2D eigenvalue weighted by Crippen LogP contribution is 2.16. The number of benzene rings is 2. The summed E-state index contributed by atoms with van der Waals surface area (Å²) in [4.78, 5) is 28.8. The first-order chi connectivity index (χ1) is 14.5. The molecule has 4 rings (SSSR count). The van der Waals surface area contributed by atoms with Crippen molar-refractivity contribution >= 4 is 11.6 Å². The Morgan fingerprint density at radius 3 is 2.37 bits per heavy atom. The maximum atomic E-state index is 12.5. The number of carbonyl (C=O) groups excluding carboxylic acids is 1. The molecule has 4 aromatic rings. The molecule has 0 radical (unpaired) electrons. The minimum Gasteiger partial charge on any atom is -0.324 e. The normalized spacial score (nSPS) is 10.7. The molecule has 30 heavy (non-hydrogen) atoms. The summed E-state index contributed by atoms with van der Waals surface area (Å²) in [5.74, 6) is 0.558. The van der Waals surface area contributed by atoms with Crippen LogP contribution in [0, 0.1) is 13.8 Å². The van der Waals surface area contributed by atoms with E-state index in [-0.39, 0.29) is 18.0 Å². The third-order valence-corrected chi connectivity index (χ3v) is 4.76. The highest BCUT2D eigenvalue weighted by Gasteiger charge is 2.09. The Morgan fingerprint density at radius 2 is 1.70 bits per heavy atom. The van der Waals surface area contributed by atoms with Gasteiger partial charge in [0.1, 0.15) is 12.4 Å². The summed E-state index contributed by atoms with van der Waals surface area (Å²) >= 11 is 0. The molecule has 0 aliphatic heterocycles. The predicted molar refractivity (Wildman–Crippen MR) is 116 cm³/mol. The largest absolute Gasteiger partial charge is 0.324 e. The van der Waals surface area contributed by atoms with Crippen LogP contribution in [0.25, 0.3) is 16.9 Å². The molecule has 150 valence electrons. The minimum atomic E-state index is -0.327. The monoisotopic (exact) mass is 399 g/mol. The second kappa shape index (κ2) is 8.16. The van der Waals surface area contributed by atoms with Crippen LogP contribution in [0.1, 0.15) is 11.4 Å². The zero-order valence-electron chi connectivity index (χ0n) is 16.7. The molecule has 0 aliphatic rings. The maximum Gasteiger partial charge on any atom is 0.267 e. The minimum absolute atomic E-state index is 0.166. The van der Waals surface area contributed by atoms with Crippen LogP contribution in [0.5, 0.6) is 0 Å². The number of nitrogens with one attached hydrogen (secondary N) is 1. The first-order valence-corrected chi connectivity index (χ1v) is 9.55. The van der Waals surface area contributed by atoms with Gasteiger partial charge in [0.05, 0.1) is 5.69 Å². The molecule has 2 aromatic heterocycles. The van der Waals surface area contributed by atoms with E-state index >= 15 is 0 Å². The Kier molecular flexibility index (Phi) is 5.26. The number of imidazole rings is 1. The van der Waals surface area contributed by atoms with Crippen LogP contribution >= 0.6 is 0 Å². The van der Waals surface area contributed by atoms with Gasteiger partial charge in [-0.05, 0) is 44.2 Å². The molecule has 2 heterocycles. The third kappa shape index (κ3) is 4.20. The highest BCUT2D eigenvalue weighted by molar-refractivity contribution is 5.90. The number of hydrogen-bond donors (Lipinski definition) is 1. The lowest BCUT2D eigenvalue weighted by Crippen LogP contribution is -2.29. The fourth-order valence-electron chi connectivity index (χ4n) is 3.13. The van der Waals surface area contributed by atoms with E-state index < -0.39 is 0 Å². The van der Waals surface area contributed by atoms with Crippen molar-refractivity contribution in [1.82, 2.24) is 19.3 Å². The zero-order chi connectivity index (χ0) is 21.1. The van der Waals surface area contributed by atoms with E-state index in [0.29, 0.717) is 11.4 Å². The maximum absolute atomic E-state index is 12.5. The lowest BCUT2D eigenvalue weighted by atomic mass is 10.1. The average molecular weight is 399 g/mol. The molecule has 0 saturated carbocycles. The van der Waals surface area contributed by atoms with Gasteiger partial charge in [-0.3, -0.25) is 9.59 Å². The second-order valence-electron chi connectivity index (χ2n) is 7.02. The van der Waals surface area contributed by atoms with E-state index in [2.05, 4.69) is 15.4 Å². The van der Waals surface area contributed by atoms with E-state index in [1.54, 1.807) is 12.3 Å². The lowest BCUT2D eigenvalue weighted by Gasteiger charge is -2.10. The van der Waals surface area contributed by atoms with Crippen LogP contribution < -0.4 is 10.9 Å². The average Bonchev–Trinajstić information content (AvgIpc) is 3.17. The van der Waals surface area contributed by atoms with Gasteiger partial charge in [-0.1, -0.05) is 29.8 Å². The molecule has 7 heteroatoms. The molecule has 0 saturated heterocycles. The van der Waals surface area contributed by atoms with Gasteiger partial charge in [-0.25, -0.2) is 9.67 Å². The van der Waals surface area contributed by atoms with Crippen molar-refractivity contribution in [2.24, 2.45) is 0 Å². The van der Waals surface area contributed by atoms with Crippen LogP contribution in [0.3, 0.4) is 0 Å². The first kappa shape index (κ1) is 19.3. The number of aryl methyl sites for hydroxylation is 2. The summed E-state index contributed by atoms with van der Waals surface area (Å²) in [6.07, 6.45) is 3.61. The van der Waals surface area contributed by atoms with Crippen molar-refractivity contribution in [2.45, 2.75) is 20.4 Å². The standard InChI is InChI=1S/C23H21N5O2/c1-16-3-5-18(6-4-16)21-11-12-23(30)28(26-21)15-22(29)25-19-7-9-20(10-8-19)27-14-13-24-17(27)2/h3-14H,15H2,1-2H3,(H,25,29). The van der Waals surface area contributed by atoms with Crippen molar-refractivity contribution in [2.75, 3.05) is 5.32 Å². The number of carbonyl (C=O) groups is 1. The highest BCUT2D eigenvalue weighted by atomic mass is 16.2. The van der Waals surface area contributed by atoms with Crippen molar-refractivity contribution in [3.8, 4) is 16.9 Å². The van der Waals surface area contributed by atoms with Crippen LogP contribution in [-0.2, 0) is 11.3 Å². The Labute approximate surface area is 173 Å². The zero-order valence-corrected chi connectivity index (χ0v) is 16.7. The number of nitrogens with zero attached hydrogens (tertiary/aromatic N) is 4. The second-order valence-corrected chi connectivity index (χ2v) is 7.02. The van der Waals surface area contributed by atoms with E-state index in [9.17, 15) is 9.59 Å². The van der Waals surface area contributed by atoms with Crippen molar-refractivity contribution in [3.05, 3.63) is 94.8 Å². The fourth-order valence-corrected chi connectivity index (χ4v) is 3.13. The van der Waals surface area contributed by atoms with Gasteiger partial charge in [0, 0.05) is 35.4 Å². The van der Waals surface area contributed by atoms with Crippen LogP contribution in [0.4, 0.5) is 5.69 Å². The topological polar surface area (TPSA) is 81.8 Å². The van der Waals surface area contributed by atoms with Crippen molar-refractivity contribution in [1.29, 1.82) is 0 Å². The van der Waals surface area contributed by atoms with E-state index in [0.717, 1.165) is 22.6 Å². The van der Waals surface area contributed by atoms with Gasteiger partial charge in [-0.15, -0.1) is 0 Å². The molecule has 0 fully saturated rings. The summed E-state index contributed by atoms with van der Waals surface area (Å²) < 4.78 is 3.12. The molecule has 2 aromatic carbocycles. The summed E-state index contributed by atoms with van der Waals surface area (Å²) in [6, 6.07) is 18.3. The molecule has 0 bridgehead atoms. The van der Waals surface area contributed by atoms with Crippen LogP contribution in [-0.4, -0.2) is 25.2 Å². The lowest BCUT2D eigenvalue weighted by molar-refractivity contribution is -0.117. The molecule has 1 N–H and O–H groups in total. The van der Waals surface area contributed by atoms with Gasteiger partial charge in [0.25, 0.3) is 5.56 Å². The van der Waals surface area contributed by atoms with Gasteiger partial charge in [0.15, 0.2) is 0 Å². The Morgan fingerprint density at radius 1 is 0.967 bits per heavy atom. The van der Waals surface area contributed by atoms with Crippen molar-refractivity contribution in [3.63, 3.8) is 0 Å². The number of amides is 1. The molecule has 0 aliphatic carbocycles. The van der Waals surface area contributed by atoms with Crippen LogP contribution in [0.2, 0.25) is 0 Å². The number of anilines is 1. The summed E-state index contributed by atoms with van der Waals surface area (Å²) in [6.45, 7) is 3.76. The first-order valence-electron chi connectivity index (χ1n) is 9.55. The van der Waals surface area contributed by atoms with E-state index in [1.165, 1.54) is 10.7 Å². The number of aromatic nitrogens is 4. The van der Waals surface area contributed by atoms with Gasteiger partial charge in [0.2, 0.25) is 5.91 Å². The smallest absolute Gasteiger partial charge is 0.267 e. The Balaban J connectivity index is 1.47. The van der Waals surface area contributed by atoms with Gasteiger partial charge < -0.3 is 9.88 Å². The molecule has 1 amide bonds. The third-order valence-electron chi connectivity index (χ3n) is 4.76. The molecular weight excluding hydrogens is 378 g/mol. The summed E-state index contributed by atoms with van der Waals surface area (Å²) in [5.41, 5.74) is 3.94. The molecule has 0 spiro atoms. The Hall–Kier alpha value is -4.00. The summed E-state index contributed by atoms with van der Waals surface area (Å²) in [5, 5.41) is 7.15. The van der Waals surface area contributed by atoms with E-state index in [1.807, 2.05) is 73.1 Å². The van der Waals surface area contributed by atoms with Crippen molar-refractivity contribution < 1.29 is 4.79 Å². The number of rotatable bonds is 5. The quantitative estimate of drug-likeness (QED) is 0.558. The predicted octanol–water partition coefficient (Wildman–Crippen LogP) is 3.35.